The Labute approximate surface area is 166 Å². The quantitative estimate of drug-likeness (QED) is 0.673. The molecule has 0 radical (unpaired) electrons. The second-order valence-corrected chi connectivity index (χ2v) is 8.31. The molecule has 0 fully saturated rings. The first-order valence-electron chi connectivity index (χ1n) is 8.69. The third kappa shape index (κ3) is 4.95. The van der Waals surface area contributed by atoms with Crippen molar-refractivity contribution in [1.82, 2.24) is 4.90 Å². The fourth-order valence-electron chi connectivity index (χ4n) is 3.00. The van der Waals surface area contributed by atoms with Crippen molar-refractivity contribution in [1.29, 1.82) is 0 Å². The molecule has 0 bridgehead atoms. The van der Waals surface area contributed by atoms with E-state index in [-0.39, 0.29) is 11.6 Å². The van der Waals surface area contributed by atoms with Crippen LogP contribution in [0.15, 0.2) is 48.5 Å². The van der Waals surface area contributed by atoms with Gasteiger partial charge in [0.15, 0.2) is 0 Å². The van der Waals surface area contributed by atoms with Gasteiger partial charge in [0.2, 0.25) is 15.9 Å². The maximum atomic E-state index is 13.0. The lowest BCUT2D eigenvalue weighted by Crippen LogP contribution is -2.48. The summed E-state index contributed by atoms with van der Waals surface area (Å²) in [5.74, 6) is 0.456. The monoisotopic (exact) mass is 406 g/mol. The zero-order valence-electron chi connectivity index (χ0n) is 16.7. The molecule has 0 saturated heterocycles. The molecule has 7 nitrogen and oxygen atoms in total. The third-order valence-electron chi connectivity index (χ3n) is 4.33. The molecule has 1 amide bonds. The number of ether oxygens (including phenoxy) is 2. The van der Waals surface area contributed by atoms with Crippen molar-refractivity contribution in [2.45, 2.75) is 19.5 Å². The van der Waals surface area contributed by atoms with Crippen LogP contribution in [0.4, 0.5) is 5.69 Å². The molecule has 0 spiro atoms. The molecular weight excluding hydrogens is 380 g/mol. The van der Waals surface area contributed by atoms with Crippen molar-refractivity contribution in [3.05, 3.63) is 54.1 Å². The van der Waals surface area contributed by atoms with Gasteiger partial charge >= 0.3 is 0 Å². The number of anilines is 1. The average Bonchev–Trinajstić information content (AvgIpc) is 2.67. The van der Waals surface area contributed by atoms with E-state index >= 15 is 0 Å². The number of benzene rings is 2. The fourth-order valence-corrected chi connectivity index (χ4v) is 4.16. The SMILES string of the molecule is COc1ccc(OC)c(N(C(C)C(=O)N(C)Cc2ccccc2)S(C)(=O)=O)c1. The van der Waals surface area contributed by atoms with Crippen molar-refractivity contribution >= 4 is 21.6 Å². The Balaban J connectivity index is 2.39. The molecule has 2 aromatic rings. The molecule has 0 aromatic heterocycles. The van der Waals surface area contributed by atoms with Crippen LogP contribution in [0.3, 0.4) is 0 Å². The largest absolute Gasteiger partial charge is 0.497 e. The number of hydrogen-bond acceptors (Lipinski definition) is 5. The van der Waals surface area contributed by atoms with Crippen LogP contribution in [0, 0.1) is 0 Å². The average molecular weight is 407 g/mol. The molecule has 0 saturated carbocycles. The summed E-state index contributed by atoms with van der Waals surface area (Å²) in [5, 5.41) is 0. The molecule has 2 rings (SSSR count). The number of nitrogens with zero attached hydrogens (tertiary/aromatic N) is 2. The number of hydrogen-bond donors (Lipinski definition) is 0. The number of methoxy groups -OCH3 is 2. The molecule has 0 aliphatic rings. The lowest BCUT2D eigenvalue weighted by molar-refractivity contribution is -0.131. The van der Waals surface area contributed by atoms with Crippen LogP contribution in [0.1, 0.15) is 12.5 Å². The first kappa shape index (κ1) is 21.6. The fraction of sp³-hybridized carbons (Fsp3) is 0.350. The molecule has 28 heavy (non-hydrogen) atoms. The van der Waals surface area contributed by atoms with Gasteiger partial charge in [-0.05, 0) is 24.6 Å². The second-order valence-electron chi connectivity index (χ2n) is 6.45. The van der Waals surface area contributed by atoms with Crippen molar-refractivity contribution in [3.63, 3.8) is 0 Å². The Morgan fingerprint density at radius 3 is 2.25 bits per heavy atom. The lowest BCUT2D eigenvalue weighted by Gasteiger charge is -2.32. The first-order chi connectivity index (χ1) is 13.2. The van der Waals surface area contributed by atoms with Crippen LogP contribution in [-0.4, -0.2) is 52.8 Å². The van der Waals surface area contributed by atoms with Crippen molar-refractivity contribution in [2.75, 3.05) is 31.8 Å². The molecule has 1 atom stereocenters. The Bertz CT molecular complexity index is 915. The summed E-state index contributed by atoms with van der Waals surface area (Å²) in [7, 11) is 0.801. The minimum Gasteiger partial charge on any atom is -0.497 e. The normalized spacial score (nSPS) is 12.2. The number of sulfonamides is 1. The van der Waals surface area contributed by atoms with Crippen molar-refractivity contribution < 1.29 is 22.7 Å². The van der Waals surface area contributed by atoms with Crippen LogP contribution in [0.25, 0.3) is 0 Å². The van der Waals surface area contributed by atoms with Crippen LogP contribution in [0.2, 0.25) is 0 Å². The Kier molecular flexibility index (Phi) is 6.90. The van der Waals surface area contributed by atoms with Crippen molar-refractivity contribution in [2.24, 2.45) is 0 Å². The molecule has 1 unspecified atom stereocenters. The molecule has 0 N–H and O–H groups in total. The van der Waals surface area contributed by atoms with Crippen LogP contribution in [-0.2, 0) is 21.4 Å². The third-order valence-corrected chi connectivity index (χ3v) is 5.56. The zero-order valence-corrected chi connectivity index (χ0v) is 17.6. The minimum atomic E-state index is -3.78. The van der Waals surface area contributed by atoms with E-state index in [4.69, 9.17) is 9.47 Å². The highest BCUT2D eigenvalue weighted by Gasteiger charge is 2.33. The summed E-state index contributed by atoms with van der Waals surface area (Å²) in [6.07, 6.45) is 1.06. The highest BCUT2D eigenvalue weighted by Crippen LogP contribution is 2.35. The maximum absolute atomic E-state index is 13.0. The predicted octanol–water partition coefficient (Wildman–Crippen LogP) is 2.52. The van der Waals surface area contributed by atoms with Gasteiger partial charge in [-0.15, -0.1) is 0 Å². The van der Waals surface area contributed by atoms with Crippen LogP contribution in [0.5, 0.6) is 11.5 Å². The van der Waals surface area contributed by atoms with Crippen molar-refractivity contribution in [3.8, 4) is 11.5 Å². The summed E-state index contributed by atoms with van der Waals surface area (Å²) >= 11 is 0. The predicted molar refractivity (Wildman–Crippen MR) is 109 cm³/mol. The highest BCUT2D eigenvalue weighted by atomic mass is 32.2. The number of rotatable bonds is 8. The van der Waals surface area contributed by atoms with E-state index in [0.29, 0.717) is 18.0 Å². The van der Waals surface area contributed by atoms with Gasteiger partial charge in [0, 0.05) is 19.7 Å². The molecular formula is C20H26N2O5S. The molecule has 0 heterocycles. The highest BCUT2D eigenvalue weighted by molar-refractivity contribution is 7.92. The summed E-state index contributed by atoms with van der Waals surface area (Å²) in [6.45, 7) is 1.93. The van der Waals surface area contributed by atoms with E-state index < -0.39 is 16.1 Å². The molecule has 0 aliphatic carbocycles. The Hall–Kier alpha value is -2.74. The van der Waals surface area contributed by atoms with Gasteiger partial charge in [-0.2, -0.15) is 0 Å². The second kappa shape index (κ2) is 8.97. The lowest BCUT2D eigenvalue weighted by atomic mass is 10.2. The number of likely N-dealkylation sites (N-methyl/N-ethyl adjacent to an activating group) is 1. The van der Waals surface area contributed by atoms with E-state index in [1.54, 1.807) is 32.2 Å². The summed E-state index contributed by atoms with van der Waals surface area (Å²) in [4.78, 5) is 14.5. The molecule has 152 valence electrons. The van der Waals surface area contributed by atoms with E-state index in [1.807, 2.05) is 30.3 Å². The molecule has 8 heteroatoms. The number of amides is 1. The van der Waals surface area contributed by atoms with Crippen LogP contribution < -0.4 is 13.8 Å². The Morgan fingerprint density at radius 2 is 1.71 bits per heavy atom. The van der Waals surface area contributed by atoms with Gasteiger partial charge in [0.05, 0.1) is 26.2 Å². The number of carbonyl (C=O) groups is 1. The van der Waals surface area contributed by atoms with Gasteiger partial charge in [-0.3, -0.25) is 9.10 Å². The minimum absolute atomic E-state index is 0.248. The van der Waals surface area contributed by atoms with Gasteiger partial charge in [0.1, 0.15) is 17.5 Å². The van der Waals surface area contributed by atoms with E-state index in [2.05, 4.69) is 0 Å². The van der Waals surface area contributed by atoms with Gasteiger partial charge in [-0.25, -0.2) is 8.42 Å². The molecule has 0 aliphatic heterocycles. The topological polar surface area (TPSA) is 76.2 Å². The Morgan fingerprint density at radius 1 is 1.07 bits per heavy atom. The molecule has 2 aromatic carbocycles. The van der Waals surface area contributed by atoms with E-state index in [1.165, 1.54) is 19.1 Å². The van der Waals surface area contributed by atoms with E-state index in [9.17, 15) is 13.2 Å². The van der Waals surface area contributed by atoms with Gasteiger partial charge < -0.3 is 14.4 Å². The van der Waals surface area contributed by atoms with E-state index in [0.717, 1.165) is 16.1 Å². The summed E-state index contributed by atoms with van der Waals surface area (Å²) in [5.41, 5.74) is 1.20. The van der Waals surface area contributed by atoms with Crippen LogP contribution >= 0.6 is 0 Å². The zero-order chi connectivity index (χ0) is 20.9. The summed E-state index contributed by atoms with van der Waals surface area (Å²) in [6, 6.07) is 13.3. The maximum Gasteiger partial charge on any atom is 0.246 e. The summed E-state index contributed by atoms with van der Waals surface area (Å²) < 4.78 is 36.8. The standard InChI is InChI=1S/C20H26N2O5S/c1-15(20(23)21(2)14-16-9-7-6-8-10-16)22(28(5,24)25)18-13-17(26-3)11-12-19(18)27-4/h6-13,15H,14H2,1-5H3. The van der Waals surface area contributed by atoms with Gasteiger partial charge in [-0.1, -0.05) is 30.3 Å². The van der Waals surface area contributed by atoms with Gasteiger partial charge in [0.25, 0.3) is 0 Å². The smallest absolute Gasteiger partial charge is 0.246 e. The first-order valence-corrected chi connectivity index (χ1v) is 10.5. The number of carbonyl (C=O) groups excluding carboxylic acids is 1.